The zero-order valence-electron chi connectivity index (χ0n) is 11.7. The van der Waals surface area contributed by atoms with Gasteiger partial charge in [-0.2, -0.15) is 0 Å². The predicted molar refractivity (Wildman–Crippen MR) is 85.4 cm³/mol. The van der Waals surface area contributed by atoms with Crippen molar-refractivity contribution >= 4 is 33.2 Å². The average molecular weight is 324 g/mol. The minimum absolute atomic E-state index is 0.00792. The standard InChI is InChI=1S/C14H16N2O3S2/c1-16(17)13-5-3-4-6-14(13)21(18,19)15-11-7-9-12(20-2)10-8-11/h3-10,15-16H,1-2H3. The number of sulfonamides is 1. The van der Waals surface area contributed by atoms with Gasteiger partial charge in [0, 0.05) is 16.6 Å². The Kier molecular flexibility index (Phi) is 4.89. The van der Waals surface area contributed by atoms with Crippen LogP contribution in [0.5, 0.6) is 0 Å². The first kappa shape index (κ1) is 15.8. The summed E-state index contributed by atoms with van der Waals surface area (Å²) in [5.74, 6) is 0. The highest BCUT2D eigenvalue weighted by Crippen LogP contribution is 2.22. The summed E-state index contributed by atoms with van der Waals surface area (Å²) < 4.78 is 27.3. The Labute approximate surface area is 128 Å². The number of hydrogen-bond donors (Lipinski definition) is 2. The van der Waals surface area contributed by atoms with Crippen LogP contribution >= 0.6 is 11.8 Å². The van der Waals surface area contributed by atoms with Crippen LogP contribution in [0.4, 0.5) is 11.4 Å². The zero-order chi connectivity index (χ0) is 15.5. The lowest BCUT2D eigenvalue weighted by Gasteiger charge is -2.19. The van der Waals surface area contributed by atoms with Crippen molar-refractivity contribution in [1.29, 1.82) is 0 Å². The molecule has 0 aliphatic rings. The molecule has 2 rings (SSSR count). The molecule has 0 aliphatic heterocycles. The molecule has 7 heteroatoms. The van der Waals surface area contributed by atoms with Gasteiger partial charge in [-0.1, -0.05) is 12.1 Å². The van der Waals surface area contributed by atoms with Crippen LogP contribution < -0.4 is 9.79 Å². The van der Waals surface area contributed by atoms with Crippen molar-refractivity contribution in [2.24, 2.45) is 0 Å². The van der Waals surface area contributed by atoms with Crippen molar-refractivity contribution in [3.05, 3.63) is 53.7 Å². The zero-order valence-corrected chi connectivity index (χ0v) is 13.3. The van der Waals surface area contributed by atoms with E-state index in [0.29, 0.717) is 5.69 Å². The van der Waals surface area contributed by atoms with E-state index < -0.39 is 10.0 Å². The van der Waals surface area contributed by atoms with E-state index in [4.69, 9.17) is 0 Å². The molecule has 1 unspecified atom stereocenters. The highest BCUT2D eigenvalue weighted by molar-refractivity contribution is 7.98. The summed E-state index contributed by atoms with van der Waals surface area (Å²) in [6.45, 7) is 0. The predicted octanol–water partition coefficient (Wildman–Crippen LogP) is 1.85. The third kappa shape index (κ3) is 3.76. The highest BCUT2D eigenvalue weighted by Gasteiger charge is 2.21. The lowest BCUT2D eigenvalue weighted by molar-refractivity contribution is -0.753. The summed E-state index contributed by atoms with van der Waals surface area (Å²) in [4.78, 5) is 1.04. The Morgan fingerprint density at radius 2 is 1.71 bits per heavy atom. The lowest BCUT2D eigenvalue weighted by atomic mass is 10.3. The van der Waals surface area contributed by atoms with E-state index in [-0.39, 0.29) is 15.6 Å². The fraction of sp³-hybridized carbons (Fsp3) is 0.143. The Hall–Kier alpha value is -1.54. The van der Waals surface area contributed by atoms with E-state index in [1.165, 1.54) is 19.2 Å². The van der Waals surface area contributed by atoms with E-state index >= 15 is 0 Å². The van der Waals surface area contributed by atoms with E-state index in [1.807, 2.05) is 18.4 Å². The number of benzene rings is 2. The summed E-state index contributed by atoms with van der Waals surface area (Å²) >= 11 is 1.58. The maximum atomic E-state index is 12.4. The van der Waals surface area contributed by atoms with E-state index in [0.717, 1.165) is 4.90 Å². The van der Waals surface area contributed by atoms with Gasteiger partial charge < -0.3 is 10.3 Å². The van der Waals surface area contributed by atoms with Crippen molar-refractivity contribution in [2.75, 3.05) is 18.0 Å². The van der Waals surface area contributed by atoms with Gasteiger partial charge in [0.15, 0.2) is 5.69 Å². The first-order valence-electron chi connectivity index (χ1n) is 6.21. The van der Waals surface area contributed by atoms with Gasteiger partial charge in [-0.25, -0.2) is 8.42 Å². The molecule has 0 heterocycles. The summed E-state index contributed by atoms with van der Waals surface area (Å²) in [5, 5.41) is 11.3. The van der Waals surface area contributed by atoms with Crippen LogP contribution in [0.3, 0.4) is 0 Å². The highest BCUT2D eigenvalue weighted by atomic mass is 32.2. The molecule has 0 bridgehead atoms. The second kappa shape index (κ2) is 6.48. The molecule has 0 spiro atoms. The van der Waals surface area contributed by atoms with Gasteiger partial charge >= 0.3 is 0 Å². The van der Waals surface area contributed by atoms with Crippen LogP contribution in [-0.4, -0.2) is 21.7 Å². The smallest absolute Gasteiger partial charge is 0.267 e. The number of anilines is 1. The molecule has 2 N–H and O–H groups in total. The topological polar surface area (TPSA) is 73.7 Å². The average Bonchev–Trinajstić information content (AvgIpc) is 2.47. The van der Waals surface area contributed by atoms with Gasteiger partial charge in [0.1, 0.15) is 4.90 Å². The largest absolute Gasteiger partial charge is 0.629 e. The number of rotatable bonds is 5. The first-order chi connectivity index (χ1) is 9.94. The molecule has 0 aromatic heterocycles. The third-order valence-corrected chi connectivity index (χ3v) is 5.08. The fourth-order valence-electron chi connectivity index (χ4n) is 1.86. The van der Waals surface area contributed by atoms with Gasteiger partial charge in [0.05, 0.1) is 7.05 Å². The maximum Gasteiger partial charge on any atom is 0.267 e. The van der Waals surface area contributed by atoms with Crippen LogP contribution in [0.15, 0.2) is 58.3 Å². The number of hydrogen-bond acceptors (Lipinski definition) is 4. The Bertz CT molecular complexity index is 713. The Balaban J connectivity index is 2.34. The van der Waals surface area contributed by atoms with Crippen LogP contribution in [0, 0.1) is 5.21 Å². The number of nitrogens with one attached hydrogen (secondary N) is 2. The minimum Gasteiger partial charge on any atom is -0.629 e. The molecule has 2 aromatic carbocycles. The second-order valence-electron chi connectivity index (χ2n) is 4.39. The van der Waals surface area contributed by atoms with Crippen LogP contribution in [0.25, 0.3) is 0 Å². The summed E-state index contributed by atoms with van der Waals surface area (Å²) in [6, 6.07) is 13.2. The SMILES string of the molecule is CSc1ccc(NS(=O)(=O)c2ccccc2[NH+](C)[O-])cc1. The molecule has 21 heavy (non-hydrogen) atoms. The second-order valence-corrected chi connectivity index (χ2v) is 6.92. The van der Waals surface area contributed by atoms with Crippen LogP contribution in [-0.2, 0) is 10.0 Å². The van der Waals surface area contributed by atoms with Crippen molar-refractivity contribution in [2.45, 2.75) is 9.79 Å². The van der Waals surface area contributed by atoms with Gasteiger partial charge in [0.2, 0.25) is 0 Å². The lowest BCUT2D eigenvalue weighted by Crippen LogP contribution is -2.98. The molecule has 0 fully saturated rings. The van der Waals surface area contributed by atoms with Gasteiger partial charge in [-0.15, -0.1) is 11.8 Å². The molecule has 0 radical (unpaired) electrons. The number of hydroxylamine groups is 1. The van der Waals surface area contributed by atoms with E-state index in [9.17, 15) is 13.6 Å². The van der Waals surface area contributed by atoms with E-state index in [1.54, 1.807) is 36.0 Å². The molecule has 1 atom stereocenters. The van der Waals surface area contributed by atoms with Gasteiger partial charge in [-0.3, -0.25) is 4.72 Å². The fourth-order valence-corrected chi connectivity index (χ4v) is 3.58. The van der Waals surface area contributed by atoms with Crippen molar-refractivity contribution in [3.8, 4) is 0 Å². The summed E-state index contributed by atoms with van der Waals surface area (Å²) in [7, 11) is -2.44. The molecular formula is C14H16N2O3S2. The van der Waals surface area contributed by atoms with Gasteiger partial charge in [0.25, 0.3) is 10.0 Å². The van der Waals surface area contributed by atoms with Crippen molar-refractivity contribution in [1.82, 2.24) is 0 Å². The van der Waals surface area contributed by atoms with E-state index in [2.05, 4.69) is 4.72 Å². The quantitative estimate of drug-likeness (QED) is 0.650. The van der Waals surface area contributed by atoms with Crippen LogP contribution in [0.2, 0.25) is 0 Å². The Morgan fingerprint density at radius 3 is 2.29 bits per heavy atom. The minimum atomic E-state index is -3.79. The number of quaternary nitrogens is 1. The number of thioether (sulfide) groups is 1. The normalized spacial score (nSPS) is 12.9. The molecule has 112 valence electrons. The molecule has 5 nitrogen and oxygen atoms in total. The van der Waals surface area contributed by atoms with Crippen molar-refractivity contribution < 1.29 is 13.5 Å². The molecule has 0 aliphatic carbocycles. The summed E-state index contributed by atoms with van der Waals surface area (Å²) in [5.41, 5.74) is 0.650. The first-order valence-corrected chi connectivity index (χ1v) is 8.91. The summed E-state index contributed by atoms with van der Waals surface area (Å²) in [6.07, 6.45) is 1.95. The van der Waals surface area contributed by atoms with Crippen molar-refractivity contribution in [3.63, 3.8) is 0 Å². The Morgan fingerprint density at radius 1 is 1.10 bits per heavy atom. The number of para-hydroxylation sites is 1. The maximum absolute atomic E-state index is 12.4. The molecule has 0 saturated carbocycles. The molecule has 0 amide bonds. The third-order valence-electron chi connectivity index (χ3n) is 2.90. The molecule has 2 aromatic rings. The monoisotopic (exact) mass is 324 g/mol. The van der Waals surface area contributed by atoms with Gasteiger partial charge in [-0.05, 0) is 36.6 Å². The molecule has 0 saturated heterocycles. The molecular weight excluding hydrogens is 308 g/mol. The van der Waals surface area contributed by atoms with Crippen LogP contribution in [0.1, 0.15) is 0 Å².